The van der Waals surface area contributed by atoms with E-state index >= 15 is 0 Å². The first-order chi connectivity index (χ1) is 15.9. The highest BCUT2D eigenvalue weighted by Gasteiger charge is 2.43. The number of hydrogen-bond donors (Lipinski definition) is 2. The van der Waals surface area contributed by atoms with Crippen molar-refractivity contribution in [2.24, 2.45) is 5.41 Å². The second kappa shape index (κ2) is 8.47. The maximum atomic E-state index is 14.7. The molecular weight excluding hydrogens is 536 g/mol. The van der Waals surface area contributed by atoms with E-state index in [4.69, 9.17) is 4.98 Å². The molecule has 1 aromatic carbocycles. The number of fused-ring (bicyclic) bond motifs is 2. The normalized spacial score (nSPS) is 20.4. The number of anilines is 1. The summed E-state index contributed by atoms with van der Waals surface area (Å²) in [4.78, 5) is 25.8. The molecule has 2 N–H and O–H groups in total. The minimum Gasteiger partial charge on any atom is -0.359 e. The SMILES string of the molecule is CC[C@@]1(C(=O)NC)CC[C@@H](Nc2ncc3c(I)nn(-c4cc(F)c5ncccc5c4)c3n2)C1. The molecule has 1 aliphatic carbocycles. The third-order valence-electron chi connectivity index (χ3n) is 6.59. The molecule has 0 bridgehead atoms. The number of rotatable bonds is 5. The molecule has 0 spiro atoms. The summed E-state index contributed by atoms with van der Waals surface area (Å²) in [6.45, 7) is 2.05. The van der Waals surface area contributed by atoms with Crippen molar-refractivity contribution in [1.82, 2.24) is 30.0 Å². The Morgan fingerprint density at radius 1 is 1.36 bits per heavy atom. The number of carbonyl (C=O) groups excluding carboxylic acids is 1. The van der Waals surface area contributed by atoms with Gasteiger partial charge < -0.3 is 10.6 Å². The molecule has 0 aliphatic heterocycles. The highest BCUT2D eigenvalue weighted by molar-refractivity contribution is 14.1. The predicted octanol–water partition coefficient (Wildman–Crippen LogP) is 4.21. The molecule has 0 unspecified atom stereocenters. The van der Waals surface area contributed by atoms with Gasteiger partial charge in [-0.2, -0.15) is 10.1 Å². The van der Waals surface area contributed by atoms with Crippen molar-refractivity contribution in [3.63, 3.8) is 0 Å². The number of amides is 1. The fourth-order valence-electron chi connectivity index (χ4n) is 4.76. The minimum absolute atomic E-state index is 0.0890. The van der Waals surface area contributed by atoms with Crippen molar-refractivity contribution in [3.8, 4) is 5.69 Å². The van der Waals surface area contributed by atoms with Crippen LogP contribution in [0.25, 0.3) is 27.6 Å². The van der Waals surface area contributed by atoms with E-state index in [1.807, 2.05) is 12.1 Å². The molecule has 1 fully saturated rings. The molecule has 33 heavy (non-hydrogen) atoms. The van der Waals surface area contributed by atoms with Crippen molar-refractivity contribution in [2.45, 2.75) is 38.6 Å². The number of nitrogens with one attached hydrogen (secondary N) is 2. The van der Waals surface area contributed by atoms with Gasteiger partial charge in [0.2, 0.25) is 11.9 Å². The van der Waals surface area contributed by atoms with E-state index in [1.54, 1.807) is 30.2 Å². The van der Waals surface area contributed by atoms with E-state index in [-0.39, 0.29) is 17.4 Å². The summed E-state index contributed by atoms with van der Waals surface area (Å²) in [5.74, 6) is 0.146. The summed E-state index contributed by atoms with van der Waals surface area (Å²) >= 11 is 2.13. The largest absolute Gasteiger partial charge is 0.359 e. The van der Waals surface area contributed by atoms with Crippen molar-refractivity contribution in [3.05, 3.63) is 46.2 Å². The Morgan fingerprint density at radius 3 is 3.00 bits per heavy atom. The summed E-state index contributed by atoms with van der Waals surface area (Å²) < 4.78 is 17.1. The van der Waals surface area contributed by atoms with Crippen LogP contribution < -0.4 is 10.6 Å². The summed E-state index contributed by atoms with van der Waals surface area (Å²) in [5, 5.41) is 12.3. The lowest BCUT2D eigenvalue weighted by molar-refractivity contribution is -0.130. The average molecular weight is 559 g/mol. The molecule has 170 valence electrons. The van der Waals surface area contributed by atoms with Crippen molar-refractivity contribution in [2.75, 3.05) is 12.4 Å². The van der Waals surface area contributed by atoms with Gasteiger partial charge in [-0.3, -0.25) is 9.78 Å². The minimum atomic E-state index is -0.412. The monoisotopic (exact) mass is 559 g/mol. The second-order valence-electron chi connectivity index (χ2n) is 8.43. The Kier molecular flexibility index (Phi) is 5.63. The first-order valence-corrected chi connectivity index (χ1v) is 12.0. The summed E-state index contributed by atoms with van der Waals surface area (Å²) in [6, 6.07) is 6.96. The molecule has 1 saturated carbocycles. The van der Waals surface area contributed by atoms with Gasteiger partial charge in [0.25, 0.3) is 0 Å². The van der Waals surface area contributed by atoms with Gasteiger partial charge in [0.1, 0.15) is 9.22 Å². The molecule has 3 heterocycles. The Hall–Kier alpha value is -2.89. The number of hydrogen-bond acceptors (Lipinski definition) is 6. The van der Waals surface area contributed by atoms with Crippen LogP contribution in [0.4, 0.5) is 10.3 Å². The zero-order chi connectivity index (χ0) is 23.2. The zero-order valence-corrected chi connectivity index (χ0v) is 20.4. The van der Waals surface area contributed by atoms with Crippen molar-refractivity contribution < 1.29 is 9.18 Å². The highest BCUT2D eigenvalue weighted by Crippen LogP contribution is 2.42. The molecule has 1 aliphatic rings. The van der Waals surface area contributed by atoms with E-state index in [0.29, 0.717) is 28.2 Å². The molecule has 5 rings (SSSR count). The van der Waals surface area contributed by atoms with Crippen LogP contribution >= 0.6 is 22.6 Å². The number of aromatic nitrogens is 5. The molecule has 0 saturated heterocycles. The van der Waals surface area contributed by atoms with E-state index in [0.717, 1.165) is 34.8 Å². The molecule has 4 aromatic rings. The van der Waals surface area contributed by atoms with E-state index in [2.05, 4.69) is 55.2 Å². The smallest absolute Gasteiger partial charge is 0.226 e. The van der Waals surface area contributed by atoms with Crippen molar-refractivity contribution in [1.29, 1.82) is 0 Å². The average Bonchev–Trinajstić information content (AvgIpc) is 3.40. The van der Waals surface area contributed by atoms with E-state index < -0.39 is 5.82 Å². The molecule has 8 nitrogen and oxygen atoms in total. The topological polar surface area (TPSA) is 97.6 Å². The number of halogens is 2. The number of pyridine rings is 1. The second-order valence-corrected chi connectivity index (χ2v) is 9.46. The Morgan fingerprint density at radius 2 is 2.21 bits per heavy atom. The fourth-order valence-corrected chi connectivity index (χ4v) is 5.36. The Balaban J connectivity index is 1.49. The number of nitrogens with zero attached hydrogens (tertiary/aromatic N) is 5. The highest BCUT2D eigenvalue weighted by atomic mass is 127. The first kappa shape index (κ1) is 21.9. The van der Waals surface area contributed by atoms with Gasteiger partial charge in [0.05, 0.1) is 16.5 Å². The third kappa shape index (κ3) is 3.79. The van der Waals surface area contributed by atoms with Gasteiger partial charge in [0, 0.05) is 36.9 Å². The molecule has 10 heteroatoms. The molecule has 1 amide bonds. The van der Waals surface area contributed by atoms with Crippen LogP contribution in [0.3, 0.4) is 0 Å². The predicted molar refractivity (Wildman–Crippen MR) is 133 cm³/mol. The number of benzene rings is 1. The fraction of sp³-hybridized carbons (Fsp3) is 0.348. The van der Waals surface area contributed by atoms with Crippen LogP contribution in [0, 0.1) is 14.9 Å². The van der Waals surface area contributed by atoms with Crippen LogP contribution in [-0.2, 0) is 4.79 Å². The molecular formula is C23H23FIN7O. The lowest BCUT2D eigenvalue weighted by atomic mass is 9.82. The van der Waals surface area contributed by atoms with Crippen LogP contribution in [0.15, 0.2) is 36.7 Å². The van der Waals surface area contributed by atoms with Gasteiger partial charge >= 0.3 is 0 Å². The standard InChI is InChI=1S/C23H23FIN7O/c1-3-23(21(33)26-2)7-6-14(11-23)29-22-28-12-16-19(25)31-32(20(16)30-22)15-9-13-5-4-8-27-18(13)17(24)10-15/h4-5,8-10,12,14H,3,6-7,11H2,1-2H3,(H,26,33)(H,28,29,30)/t14-,23-/m1/s1. The zero-order valence-electron chi connectivity index (χ0n) is 18.3. The first-order valence-electron chi connectivity index (χ1n) is 10.9. The van der Waals surface area contributed by atoms with Crippen LogP contribution in [0.5, 0.6) is 0 Å². The van der Waals surface area contributed by atoms with Crippen LogP contribution in [-0.4, -0.2) is 43.7 Å². The van der Waals surface area contributed by atoms with Gasteiger partial charge in [0.15, 0.2) is 11.5 Å². The van der Waals surface area contributed by atoms with E-state index in [9.17, 15) is 9.18 Å². The maximum absolute atomic E-state index is 14.7. The molecule has 2 atom stereocenters. The Bertz CT molecular complexity index is 1370. The third-order valence-corrected chi connectivity index (χ3v) is 7.39. The summed E-state index contributed by atoms with van der Waals surface area (Å²) in [5.41, 5.74) is 1.12. The van der Waals surface area contributed by atoms with Crippen molar-refractivity contribution >= 4 is 56.4 Å². The molecule has 0 radical (unpaired) electrons. The lowest BCUT2D eigenvalue weighted by Gasteiger charge is -2.25. The van der Waals surface area contributed by atoms with Crippen LogP contribution in [0.2, 0.25) is 0 Å². The van der Waals surface area contributed by atoms with E-state index in [1.165, 1.54) is 6.07 Å². The quantitative estimate of drug-likeness (QED) is 0.356. The van der Waals surface area contributed by atoms with Crippen LogP contribution in [0.1, 0.15) is 32.6 Å². The Labute approximate surface area is 203 Å². The van der Waals surface area contributed by atoms with Gasteiger partial charge in [-0.05, 0) is 60.4 Å². The molecule has 3 aromatic heterocycles. The number of carbonyl (C=O) groups is 1. The maximum Gasteiger partial charge on any atom is 0.226 e. The van der Waals surface area contributed by atoms with Gasteiger partial charge in [-0.1, -0.05) is 13.0 Å². The summed E-state index contributed by atoms with van der Waals surface area (Å²) in [7, 11) is 1.69. The lowest BCUT2D eigenvalue weighted by Crippen LogP contribution is -2.37. The van der Waals surface area contributed by atoms with Gasteiger partial charge in [-0.15, -0.1) is 0 Å². The summed E-state index contributed by atoms with van der Waals surface area (Å²) in [6.07, 6.45) is 6.51. The van der Waals surface area contributed by atoms with Gasteiger partial charge in [-0.25, -0.2) is 14.1 Å².